The quantitative estimate of drug-likeness (QED) is 0.773. The predicted octanol–water partition coefficient (Wildman–Crippen LogP) is 1.82. The first-order valence-electron chi connectivity index (χ1n) is 5.15. The Morgan fingerprint density at radius 3 is 2.67 bits per heavy atom. The molecule has 1 fully saturated rings. The molecule has 2 amide bonds. The SMILES string of the molecule is CC1CCN1NC(=O)Nc1ccccc1. The number of hydrogen-bond donors (Lipinski definition) is 2. The zero-order chi connectivity index (χ0) is 10.7. The molecule has 1 heterocycles. The largest absolute Gasteiger partial charge is 0.333 e. The highest BCUT2D eigenvalue weighted by Crippen LogP contribution is 2.13. The predicted molar refractivity (Wildman–Crippen MR) is 59.4 cm³/mol. The van der Waals surface area contributed by atoms with E-state index in [4.69, 9.17) is 0 Å². The van der Waals surface area contributed by atoms with Crippen LogP contribution in [0.15, 0.2) is 30.3 Å². The van der Waals surface area contributed by atoms with Crippen LogP contribution in [0.25, 0.3) is 0 Å². The Bertz CT molecular complexity index is 339. The van der Waals surface area contributed by atoms with E-state index in [1.165, 1.54) is 0 Å². The highest BCUT2D eigenvalue weighted by Gasteiger charge is 2.24. The normalized spacial score (nSPS) is 20.5. The van der Waals surface area contributed by atoms with Gasteiger partial charge in [-0.2, -0.15) is 0 Å². The zero-order valence-corrected chi connectivity index (χ0v) is 8.73. The fourth-order valence-electron chi connectivity index (χ4n) is 1.49. The molecule has 1 aliphatic heterocycles. The van der Waals surface area contributed by atoms with Crippen molar-refractivity contribution in [3.05, 3.63) is 30.3 Å². The number of benzene rings is 1. The van der Waals surface area contributed by atoms with Crippen LogP contribution in [-0.2, 0) is 0 Å². The van der Waals surface area contributed by atoms with Crippen molar-refractivity contribution in [2.75, 3.05) is 11.9 Å². The number of amides is 2. The van der Waals surface area contributed by atoms with E-state index >= 15 is 0 Å². The Kier molecular flexibility index (Phi) is 2.87. The van der Waals surface area contributed by atoms with E-state index in [0.29, 0.717) is 6.04 Å². The Morgan fingerprint density at radius 1 is 1.40 bits per heavy atom. The highest BCUT2D eigenvalue weighted by atomic mass is 16.2. The van der Waals surface area contributed by atoms with E-state index in [1.54, 1.807) is 0 Å². The minimum atomic E-state index is -0.173. The molecule has 4 nitrogen and oxygen atoms in total. The third kappa shape index (κ3) is 2.47. The molecule has 2 N–H and O–H groups in total. The summed E-state index contributed by atoms with van der Waals surface area (Å²) in [7, 11) is 0. The van der Waals surface area contributed by atoms with Gasteiger partial charge in [-0.3, -0.25) is 5.43 Å². The third-order valence-electron chi connectivity index (χ3n) is 2.60. The maximum Gasteiger partial charge on any atom is 0.333 e. The molecule has 0 spiro atoms. The topological polar surface area (TPSA) is 44.4 Å². The fourth-order valence-corrected chi connectivity index (χ4v) is 1.49. The van der Waals surface area contributed by atoms with Crippen LogP contribution in [-0.4, -0.2) is 23.6 Å². The van der Waals surface area contributed by atoms with Gasteiger partial charge in [-0.05, 0) is 25.5 Å². The van der Waals surface area contributed by atoms with E-state index in [1.807, 2.05) is 35.3 Å². The van der Waals surface area contributed by atoms with Crippen molar-refractivity contribution < 1.29 is 4.79 Å². The highest BCUT2D eigenvalue weighted by molar-refractivity contribution is 5.88. The molecule has 80 valence electrons. The summed E-state index contributed by atoms with van der Waals surface area (Å²) < 4.78 is 0. The van der Waals surface area contributed by atoms with Gasteiger partial charge in [0.15, 0.2) is 0 Å². The minimum absolute atomic E-state index is 0.173. The lowest BCUT2D eigenvalue weighted by molar-refractivity contribution is 0.0609. The second-order valence-electron chi connectivity index (χ2n) is 3.76. The smallest absolute Gasteiger partial charge is 0.307 e. The number of anilines is 1. The first kappa shape index (κ1) is 9.98. The van der Waals surface area contributed by atoms with Gasteiger partial charge in [-0.15, -0.1) is 0 Å². The van der Waals surface area contributed by atoms with Crippen LogP contribution >= 0.6 is 0 Å². The molecule has 0 saturated carbocycles. The first-order chi connectivity index (χ1) is 7.25. The second-order valence-corrected chi connectivity index (χ2v) is 3.76. The van der Waals surface area contributed by atoms with E-state index in [2.05, 4.69) is 17.7 Å². The van der Waals surface area contributed by atoms with Gasteiger partial charge >= 0.3 is 6.03 Å². The summed E-state index contributed by atoms with van der Waals surface area (Å²) in [5.41, 5.74) is 3.61. The van der Waals surface area contributed by atoms with E-state index in [-0.39, 0.29) is 6.03 Å². The number of rotatable bonds is 2. The molecular formula is C11H15N3O. The number of hydrogen-bond acceptors (Lipinski definition) is 2. The summed E-state index contributed by atoms with van der Waals surface area (Å²) in [5.74, 6) is 0. The number of para-hydroxylation sites is 1. The summed E-state index contributed by atoms with van der Waals surface area (Å²) in [6.45, 7) is 3.02. The monoisotopic (exact) mass is 205 g/mol. The second kappa shape index (κ2) is 4.31. The van der Waals surface area contributed by atoms with Crippen LogP contribution in [0, 0.1) is 0 Å². The molecule has 1 aliphatic rings. The molecular weight excluding hydrogens is 190 g/mol. The summed E-state index contributed by atoms with van der Waals surface area (Å²) in [4.78, 5) is 11.5. The Labute approximate surface area is 89.2 Å². The molecule has 1 atom stereocenters. The summed E-state index contributed by atoms with van der Waals surface area (Å²) in [6.07, 6.45) is 1.14. The van der Waals surface area contributed by atoms with Gasteiger partial charge in [0.25, 0.3) is 0 Å². The van der Waals surface area contributed by atoms with Gasteiger partial charge in [-0.1, -0.05) is 18.2 Å². The number of carbonyl (C=O) groups excluding carboxylic acids is 1. The molecule has 0 aliphatic carbocycles. The zero-order valence-electron chi connectivity index (χ0n) is 8.73. The molecule has 1 saturated heterocycles. The van der Waals surface area contributed by atoms with Gasteiger partial charge < -0.3 is 5.32 Å². The first-order valence-corrected chi connectivity index (χ1v) is 5.15. The van der Waals surface area contributed by atoms with Gasteiger partial charge in [0, 0.05) is 18.3 Å². The Balaban J connectivity index is 1.82. The van der Waals surface area contributed by atoms with Crippen LogP contribution in [0.2, 0.25) is 0 Å². The van der Waals surface area contributed by atoms with Crippen molar-refractivity contribution in [1.29, 1.82) is 0 Å². The van der Waals surface area contributed by atoms with Gasteiger partial charge in [-0.25, -0.2) is 9.80 Å². The lowest BCUT2D eigenvalue weighted by atomic mass is 10.1. The van der Waals surface area contributed by atoms with Gasteiger partial charge in [0.05, 0.1) is 0 Å². The van der Waals surface area contributed by atoms with Crippen molar-refractivity contribution in [2.45, 2.75) is 19.4 Å². The standard InChI is InChI=1S/C11H15N3O/c1-9-7-8-14(9)13-11(15)12-10-5-3-2-4-6-10/h2-6,9H,7-8H2,1H3,(H2,12,13,15). The van der Waals surface area contributed by atoms with Crippen molar-refractivity contribution in [3.63, 3.8) is 0 Å². The van der Waals surface area contributed by atoms with Gasteiger partial charge in [0.2, 0.25) is 0 Å². The van der Waals surface area contributed by atoms with E-state index in [9.17, 15) is 4.79 Å². The number of nitrogens with zero attached hydrogens (tertiary/aromatic N) is 1. The maximum atomic E-state index is 11.5. The van der Waals surface area contributed by atoms with E-state index < -0.39 is 0 Å². The lowest BCUT2D eigenvalue weighted by Gasteiger charge is -2.38. The number of nitrogens with one attached hydrogen (secondary N) is 2. The molecule has 1 unspecified atom stereocenters. The maximum absolute atomic E-state index is 11.5. The summed E-state index contributed by atoms with van der Waals surface area (Å²) in [6, 6.07) is 9.70. The summed E-state index contributed by atoms with van der Waals surface area (Å²) in [5, 5.41) is 4.70. The van der Waals surface area contributed by atoms with Crippen molar-refractivity contribution in [1.82, 2.24) is 10.4 Å². The number of hydrazine groups is 1. The third-order valence-corrected chi connectivity index (χ3v) is 2.60. The van der Waals surface area contributed by atoms with Crippen LogP contribution in [0.4, 0.5) is 10.5 Å². The van der Waals surface area contributed by atoms with Crippen molar-refractivity contribution in [2.24, 2.45) is 0 Å². The van der Waals surface area contributed by atoms with Crippen molar-refractivity contribution in [3.8, 4) is 0 Å². The van der Waals surface area contributed by atoms with Crippen LogP contribution < -0.4 is 10.7 Å². The molecule has 1 aromatic carbocycles. The van der Waals surface area contributed by atoms with Gasteiger partial charge in [0.1, 0.15) is 0 Å². The molecule has 4 heteroatoms. The molecule has 0 aromatic heterocycles. The van der Waals surface area contributed by atoms with Crippen LogP contribution in [0.1, 0.15) is 13.3 Å². The molecule has 0 bridgehead atoms. The number of urea groups is 1. The van der Waals surface area contributed by atoms with Crippen molar-refractivity contribution >= 4 is 11.7 Å². The molecule has 0 radical (unpaired) electrons. The molecule has 1 aromatic rings. The lowest BCUT2D eigenvalue weighted by Crippen LogP contribution is -2.56. The number of carbonyl (C=O) groups is 1. The fraction of sp³-hybridized carbons (Fsp3) is 0.364. The minimum Gasteiger partial charge on any atom is -0.307 e. The Morgan fingerprint density at radius 2 is 2.13 bits per heavy atom. The average Bonchev–Trinajstić information content (AvgIpc) is 2.25. The molecule has 15 heavy (non-hydrogen) atoms. The summed E-state index contributed by atoms with van der Waals surface area (Å²) >= 11 is 0. The van der Waals surface area contributed by atoms with E-state index in [0.717, 1.165) is 18.7 Å². The molecule has 2 rings (SSSR count). The average molecular weight is 205 g/mol. The van der Waals surface area contributed by atoms with Crippen LogP contribution in [0.5, 0.6) is 0 Å². The Hall–Kier alpha value is -1.55. The van der Waals surface area contributed by atoms with Crippen LogP contribution in [0.3, 0.4) is 0 Å².